The molecular formula is C15H27N3O2. The molecule has 2 heterocycles. The van der Waals surface area contributed by atoms with Gasteiger partial charge in [0.25, 0.3) is 0 Å². The molecule has 0 bridgehead atoms. The Hall–Kier alpha value is -0.650. The quantitative estimate of drug-likeness (QED) is 0.799. The number of piperazine rings is 1. The predicted octanol–water partition coefficient (Wildman–Crippen LogP) is 0.752. The molecule has 114 valence electrons. The van der Waals surface area contributed by atoms with Crippen molar-refractivity contribution in [2.24, 2.45) is 0 Å². The van der Waals surface area contributed by atoms with E-state index in [9.17, 15) is 9.90 Å². The molecule has 0 aromatic rings. The smallest absolute Gasteiger partial charge is 0.323 e. The first-order chi connectivity index (χ1) is 9.64. The molecule has 20 heavy (non-hydrogen) atoms. The fourth-order valence-electron chi connectivity index (χ4n) is 4.37. The second-order valence-electron chi connectivity index (χ2n) is 6.71. The maximum absolute atomic E-state index is 11.5. The number of hydrogen-bond donors (Lipinski definition) is 2. The van der Waals surface area contributed by atoms with E-state index in [1.165, 1.54) is 32.4 Å². The number of carboxylic acid groups (broad SMARTS) is 1. The lowest BCUT2D eigenvalue weighted by Gasteiger charge is -2.46. The van der Waals surface area contributed by atoms with E-state index < -0.39 is 11.5 Å². The van der Waals surface area contributed by atoms with Gasteiger partial charge in [0.2, 0.25) is 0 Å². The molecule has 1 aliphatic carbocycles. The highest BCUT2D eigenvalue weighted by Gasteiger charge is 2.46. The monoisotopic (exact) mass is 281 g/mol. The molecule has 5 nitrogen and oxygen atoms in total. The summed E-state index contributed by atoms with van der Waals surface area (Å²) in [6.45, 7) is 4.68. The first-order valence-corrected chi connectivity index (χ1v) is 8.05. The highest BCUT2D eigenvalue weighted by atomic mass is 16.4. The summed E-state index contributed by atoms with van der Waals surface area (Å²) in [7, 11) is 1.79. The average molecular weight is 281 g/mol. The number of nitrogens with zero attached hydrogens (tertiary/aromatic N) is 2. The minimum Gasteiger partial charge on any atom is -0.480 e. The van der Waals surface area contributed by atoms with Gasteiger partial charge >= 0.3 is 5.97 Å². The van der Waals surface area contributed by atoms with Crippen molar-refractivity contribution in [3.63, 3.8) is 0 Å². The second-order valence-corrected chi connectivity index (χ2v) is 6.71. The SMILES string of the molecule is CNC1(C(=O)O)CCC(N2CCN3CCCCC3C2)C1. The molecular weight excluding hydrogens is 254 g/mol. The van der Waals surface area contributed by atoms with Crippen LogP contribution in [0.2, 0.25) is 0 Å². The summed E-state index contributed by atoms with van der Waals surface area (Å²) in [5.74, 6) is -0.682. The van der Waals surface area contributed by atoms with E-state index in [4.69, 9.17) is 0 Å². The maximum atomic E-state index is 11.5. The van der Waals surface area contributed by atoms with Gasteiger partial charge in [0, 0.05) is 31.7 Å². The zero-order valence-electron chi connectivity index (χ0n) is 12.5. The van der Waals surface area contributed by atoms with E-state index in [0.717, 1.165) is 32.4 Å². The summed E-state index contributed by atoms with van der Waals surface area (Å²) >= 11 is 0. The van der Waals surface area contributed by atoms with Crippen LogP contribution in [0, 0.1) is 0 Å². The van der Waals surface area contributed by atoms with Crippen molar-refractivity contribution < 1.29 is 9.90 Å². The standard InChI is InChI=1S/C15H27N3O2/c1-16-15(14(19)20)6-5-12(10-15)18-9-8-17-7-3-2-4-13(17)11-18/h12-13,16H,2-11H2,1H3,(H,19,20). The van der Waals surface area contributed by atoms with Crippen LogP contribution in [0.4, 0.5) is 0 Å². The molecule has 0 amide bonds. The Bertz CT molecular complexity index is 376. The number of aliphatic carboxylic acids is 1. The van der Waals surface area contributed by atoms with Crippen molar-refractivity contribution in [3.8, 4) is 0 Å². The van der Waals surface area contributed by atoms with Crippen molar-refractivity contribution in [2.45, 2.75) is 56.1 Å². The van der Waals surface area contributed by atoms with Crippen LogP contribution in [0.25, 0.3) is 0 Å². The lowest BCUT2D eigenvalue weighted by Crippen LogP contribution is -2.57. The first kappa shape index (κ1) is 14.3. The molecule has 3 unspecified atom stereocenters. The second kappa shape index (κ2) is 5.62. The fraction of sp³-hybridized carbons (Fsp3) is 0.933. The average Bonchev–Trinajstić information content (AvgIpc) is 2.92. The molecule has 0 aromatic heterocycles. The Morgan fingerprint density at radius 2 is 1.95 bits per heavy atom. The third kappa shape index (κ3) is 2.47. The first-order valence-electron chi connectivity index (χ1n) is 8.05. The molecule has 0 aromatic carbocycles. The Balaban J connectivity index is 1.62. The summed E-state index contributed by atoms with van der Waals surface area (Å²) in [5, 5.41) is 12.5. The lowest BCUT2D eigenvalue weighted by atomic mass is 9.96. The van der Waals surface area contributed by atoms with Gasteiger partial charge in [0.15, 0.2) is 0 Å². The number of fused-ring (bicyclic) bond motifs is 1. The summed E-state index contributed by atoms with van der Waals surface area (Å²) in [6, 6.07) is 1.16. The molecule has 2 saturated heterocycles. The topological polar surface area (TPSA) is 55.8 Å². The van der Waals surface area contributed by atoms with Crippen molar-refractivity contribution in [2.75, 3.05) is 33.2 Å². The predicted molar refractivity (Wildman–Crippen MR) is 77.9 cm³/mol. The van der Waals surface area contributed by atoms with Crippen molar-refractivity contribution in [1.29, 1.82) is 0 Å². The zero-order chi connectivity index (χ0) is 14.2. The largest absolute Gasteiger partial charge is 0.480 e. The van der Waals surface area contributed by atoms with Gasteiger partial charge in [-0.1, -0.05) is 6.42 Å². The van der Waals surface area contributed by atoms with Gasteiger partial charge in [-0.2, -0.15) is 0 Å². The number of hydrogen-bond acceptors (Lipinski definition) is 4. The molecule has 5 heteroatoms. The molecule has 3 aliphatic rings. The van der Waals surface area contributed by atoms with Crippen LogP contribution in [0.15, 0.2) is 0 Å². The summed E-state index contributed by atoms with van der Waals surface area (Å²) in [6.07, 6.45) is 6.55. The van der Waals surface area contributed by atoms with E-state index in [1.54, 1.807) is 7.05 Å². The van der Waals surface area contributed by atoms with Gasteiger partial charge in [0.05, 0.1) is 0 Å². The number of likely N-dealkylation sites (N-methyl/N-ethyl adjacent to an activating group) is 1. The van der Waals surface area contributed by atoms with E-state index in [-0.39, 0.29) is 0 Å². The van der Waals surface area contributed by atoms with E-state index in [1.807, 2.05) is 0 Å². The van der Waals surface area contributed by atoms with E-state index >= 15 is 0 Å². The van der Waals surface area contributed by atoms with Gasteiger partial charge in [-0.25, -0.2) is 0 Å². The van der Waals surface area contributed by atoms with Crippen molar-refractivity contribution in [3.05, 3.63) is 0 Å². The van der Waals surface area contributed by atoms with Gasteiger partial charge in [-0.3, -0.25) is 14.6 Å². The van der Waals surface area contributed by atoms with Crippen molar-refractivity contribution in [1.82, 2.24) is 15.1 Å². The minimum absolute atomic E-state index is 0.447. The zero-order valence-corrected chi connectivity index (χ0v) is 12.5. The molecule has 3 fully saturated rings. The van der Waals surface area contributed by atoms with Crippen LogP contribution >= 0.6 is 0 Å². The molecule has 2 N–H and O–H groups in total. The van der Waals surface area contributed by atoms with E-state index in [0.29, 0.717) is 12.1 Å². The van der Waals surface area contributed by atoms with Crippen LogP contribution in [0.5, 0.6) is 0 Å². The summed E-state index contributed by atoms with van der Waals surface area (Å²) < 4.78 is 0. The Kier molecular flexibility index (Phi) is 4.02. The van der Waals surface area contributed by atoms with Crippen LogP contribution in [-0.2, 0) is 4.79 Å². The van der Waals surface area contributed by atoms with Crippen LogP contribution in [0.3, 0.4) is 0 Å². The van der Waals surface area contributed by atoms with Crippen LogP contribution in [0.1, 0.15) is 38.5 Å². The fourth-order valence-corrected chi connectivity index (χ4v) is 4.37. The van der Waals surface area contributed by atoms with Gasteiger partial charge in [-0.05, 0) is 45.7 Å². The van der Waals surface area contributed by atoms with Crippen LogP contribution in [-0.4, -0.2) is 71.7 Å². The Morgan fingerprint density at radius 3 is 2.65 bits per heavy atom. The third-order valence-corrected chi connectivity index (χ3v) is 5.76. The number of rotatable bonds is 3. The molecule has 2 aliphatic heterocycles. The number of carboxylic acids is 1. The normalized spacial score (nSPS) is 39.6. The Morgan fingerprint density at radius 1 is 1.15 bits per heavy atom. The molecule has 1 saturated carbocycles. The minimum atomic E-state index is -0.686. The lowest BCUT2D eigenvalue weighted by molar-refractivity contribution is -0.144. The molecule has 3 atom stereocenters. The van der Waals surface area contributed by atoms with E-state index in [2.05, 4.69) is 15.1 Å². The Labute approximate surface area is 121 Å². The number of nitrogens with one attached hydrogen (secondary N) is 1. The highest BCUT2D eigenvalue weighted by Crippen LogP contribution is 2.35. The molecule has 3 rings (SSSR count). The van der Waals surface area contributed by atoms with Crippen LogP contribution < -0.4 is 5.32 Å². The number of carbonyl (C=O) groups is 1. The van der Waals surface area contributed by atoms with Gasteiger partial charge in [-0.15, -0.1) is 0 Å². The maximum Gasteiger partial charge on any atom is 0.323 e. The molecule has 0 radical (unpaired) electrons. The summed E-state index contributed by atoms with van der Waals surface area (Å²) in [5.41, 5.74) is -0.686. The highest BCUT2D eigenvalue weighted by molar-refractivity contribution is 5.79. The third-order valence-electron chi connectivity index (χ3n) is 5.76. The van der Waals surface area contributed by atoms with Gasteiger partial charge < -0.3 is 10.4 Å². The van der Waals surface area contributed by atoms with Crippen molar-refractivity contribution >= 4 is 5.97 Å². The summed E-state index contributed by atoms with van der Waals surface area (Å²) in [4.78, 5) is 16.7. The number of piperidine rings is 1. The molecule has 0 spiro atoms. The van der Waals surface area contributed by atoms with Gasteiger partial charge in [0.1, 0.15) is 5.54 Å².